The van der Waals surface area contributed by atoms with Gasteiger partial charge in [0.25, 0.3) is 5.91 Å². The van der Waals surface area contributed by atoms with E-state index < -0.39 is 0 Å². The van der Waals surface area contributed by atoms with Crippen molar-refractivity contribution in [3.8, 4) is 23.0 Å². The molecule has 3 aromatic carbocycles. The number of benzene rings is 3. The molecule has 0 N–H and O–H groups in total. The third-order valence-corrected chi connectivity index (χ3v) is 7.76. The smallest absolute Gasteiger partial charge is 0.255 e. The summed E-state index contributed by atoms with van der Waals surface area (Å²) in [5.74, 6) is 2.42. The van der Waals surface area contributed by atoms with Gasteiger partial charge >= 0.3 is 0 Å². The molecule has 8 heteroatoms. The fourth-order valence-electron chi connectivity index (χ4n) is 5.09. The molecule has 0 unspecified atom stereocenters. The molecule has 0 radical (unpaired) electrons. The highest BCUT2D eigenvalue weighted by Crippen LogP contribution is 2.43. The number of rotatable bonds is 11. The number of hydrogen-bond donors (Lipinski definition) is 0. The third-order valence-electron chi connectivity index (χ3n) is 7.40. The summed E-state index contributed by atoms with van der Waals surface area (Å²) in [5, 5.41) is 0.307. The molecule has 0 spiro atoms. The lowest BCUT2D eigenvalue weighted by molar-refractivity contribution is 0.0723. The molecule has 39 heavy (non-hydrogen) atoms. The zero-order valence-corrected chi connectivity index (χ0v) is 23.3. The van der Waals surface area contributed by atoms with Crippen LogP contribution in [-0.4, -0.2) is 62.7 Å². The van der Waals surface area contributed by atoms with Gasteiger partial charge in [-0.25, -0.2) is 0 Å². The quantitative estimate of drug-likeness (QED) is 0.309. The maximum Gasteiger partial charge on any atom is 0.255 e. The summed E-state index contributed by atoms with van der Waals surface area (Å²) in [7, 11) is 3.28. The van der Waals surface area contributed by atoms with E-state index >= 15 is 0 Å². The van der Waals surface area contributed by atoms with Gasteiger partial charge in [0.05, 0.1) is 24.8 Å². The van der Waals surface area contributed by atoms with Crippen LogP contribution in [0.3, 0.4) is 0 Å². The molecule has 0 aromatic heterocycles. The first-order valence-corrected chi connectivity index (χ1v) is 13.8. The van der Waals surface area contributed by atoms with Gasteiger partial charge in [0.2, 0.25) is 0 Å². The Morgan fingerprint density at radius 3 is 1.97 bits per heavy atom. The Balaban J connectivity index is 1.38. The van der Waals surface area contributed by atoms with E-state index in [1.54, 1.807) is 14.2 Å². The van der Waals surface area contributed by atoms with E-state index in [-0.39, 0.29) is 12.5 Å². The van der Waals surface area contributed by atoms with Gasteiger partial charge in [0.15, 0.2) is 11.5 Å². The molecule has 1 fully saturated rings. The number of likely N-dealkylation sites (tertiary alicyclic amines) is 1. The van der Waals surface area contributed by atoms with Gasteiger partial charge in [-0.1, -0.05) is 35.9 Å². The normalized spacial score (nSPS) is 15.3. The van der Waals surface area contributed by atoms with Gasteiger partial charge < -0.3 is 28.7 Å². The zero-order chi connectivity index (χ0) is 27.2. The molecule has 1 saturated heterocycles. The van der Waals surface area contributed by atoms with Crippen LogP contribution in [0.5, 0.6) is 23.0 Å². The molecule has 2 heterocycles. The lowest BCUT2D eigenvalue weighted by Gasteiger charge is -2.31. The molecule has 0 bridgehead atoms. The van der Waals surface area contributed by atoms with Gasteiger partial charge in [0.1, 0.15) is 24.7 Å². The second-order valence-corrected chi connectivity index (χ2v) is 10.3. The molecule has 206 valence electrons. The van der Waals surface area contributed by atoms with Gasteiger partial charge in [-0.2, -0.15) is 0 Å². The fraction of sp³-hybridized carbons (Fsp3) is 0.387. The molecule has 2 aliphatic heterocycles. The summed E-state index contributed by atoms with van der Waals surface area (Å²) in [4.78, 5) is 17.9. The summed E-state index contributed by atoms with van der Waals surface area (Å²) in [6.07, 6.45) is 3.19. The third kappa shape index (κ3) is 6.43. The van der Waals surface area contributed by atoms with Crippen LogP contribution in [0, 0.1) is 0 Å². The molecule has 3 aromatic rings. The lowest BCUT2D eigenvalue weighted by atomic mass is 9.97. The average Bonchev–Trinajstić information content (AvgIpc) is 3.49. The zero-order valence-electron chi connectivity index (χ0n) is 22.6. The maximum absolute atomic E-state index is 13.6. The minimum Gasteiger partial charge on any atom is -0.497 e. The summed E-state index contributed by atoms with van der Waals surface area (Å²) in [6.45, 7) is 5.08. The van der Waals surface area contributed by atoms with Crippen LogP contribution in [0.4, 0.5) is 0 Å². The first-order chi connectivity index (χ1) is 19.1. The number of fused-ring (bicyclic) bond motifs is 1. The van der Waals surface area contributed by atoms with Crippen LogP contribution in [0.2, 0.25) is 5.02 Å². The molecular weight excluding hydrogens is 516 g/mol. The van der Waals surface area contributed by atoms with Crippen molar-refractivity contribution in [3.63, 3.8) is 0 Å². The standard InChI is InChI=1S/C31H35ClN2O5/c1-36-25-9-5-22(6-10-25)20-38-27-19-24-13-16-34(18-17-33-14-3-4-15-33)31(35)28(24)29(32)30(27)39-21-23-7-11-26(37-2)12-8-23/h5-12,19H,3-4,13-18,20-21H2,1-2H3. The number of ether oxygens (including phenoxy) is 4. The van der Waals surface area contributed by atoms with Gasteiger partial charge in [-0.15, -0.1) is 0 Å². The van der Waals surface area contributed by atoms with Crippen molar-refractivity contribution in [3.05, 3.63) is 81.9 Å². The van der Waals surface area contributed by atoms with Crippen molar-refractivity contribution in [1.82, 2.24) is 9.80 Å². The molecule has 1 amide bonds. The van der Waals surface area contributed by atoms with Crippen molar-refractivity contribution in [2.24, 2.45) is 0 Å². The van der Waals surface area contributed by atoms with E-state index in [4.69, 9.17) is 30.5 Å². The Hall–Kier alpha value is -3.42. The number of amides is 1. The molecule has 0 saturated carbocycles. The highest BCUT2D eigenvalue weighted by molar-refractivity contribution is 6.36. The van der Waals surface area contributed by atoms with Gasteiger partial charge in [-0.3, -0.25) is 4.79 Å². The first-order valence-electron chi connectivity index (χ1n) is 13.4. The monoisotopic (exact) mass is 550 g/mol. The highest BCUT2D eigenvalue weighted by atomic mass is 35.5. The molecule has 2 aliphatic rings. The highest BCUT2D eigenvalue weighted by Gasteiger charge is 2.31. The predicted molar refractivity (Wildman–Crippen MR) is 151 cm³/mol. The van der Waals surface area contributed by atoms with E-state index in [0.29, 0.717) is 41.8 Å². The number of halogens is 1. The Labute approximate surface area is 235 Å². The van der Waals surface area contributed by atoms with E-state index in [1.807, 2.05) is 59.5 Å². The van der Waals surface area contributed by atoms with E-state index in [9.17, 15) is 4.79 Å². The number of carbonyl (C=O) groups is 1. The summed E-state index contributed by atoms with van der Waals surface area (Å²) < 4.78 is 23.0. The molecule has 0 atom stereocenters. The largest absolute Gasteiger partial charge is 0.497 e. The van der Waals surface area contributed by atoms with Crippen molar-refractivity contribution in [1.29, 1.82) is 0 Å². The van der Waals surface area contributed by atoms with Crippen molar-refractivity contribution in [2.45, 2.75) is 32.5 Å². The SMILES string of the molecule is COc1ccc(COc2cc3c(c(Cl)c2OCc2ccc(OC)cc2)C(=O)N(CCN2CCCC2)CC3)cc1. The average molecular weight is 551 g/mol. The Bertz CT molecular complexity index is 1270. The molecule has 7 nitrogen and oxygen atoms in total. The van der Waals surface area contributed by atoms with Crippen LogP contribution in [-0.2, 0) is 19.6 Å². The van der Waals surface area contributed by atoms with Gasteiger partial charge in [0, 0.05) is 19.6 Å². The minimum absolute atomic E-state index is 0.0450. The lowest BCUT2D eigenvalue weighted by Crippen LogP contribution is -2.42. The van der Waals surface area contributed by atoms with Crippen LogP contribution in [0.15, 0.2) is 54.6 Å². The van der Waals surface area contributed by atoms with E-state index in [1.165, 1.54) is 12.8 Å². The van der Waals surface area contributed by atoms with Crippen molar-refractivity contribution in [2.75, 3.05) is 46.9 Å². The Morgan fingerprint density at radius 2 is 1.38 bits per heavy atom. The second kappa shape index (κ2) is 12.6. The van der Waals surface area contributed by atoms with Crippen LogP contribution in [0.25, 0.3) is 0 Å². The Morgan fingerprint density at radius 1 is 0.795 bits per heavy atom. The van der Waals surface area contributed by atoms with Crippen LogP contribution >= 0.6 is 11.6 Å². The van der Waals surface area contributed by atoms with Gasteiger partial charge in [-0.05, 0) is 79.4 Å². The molecule has 5 rings (SSSR count). The Kier molecular flexibility index (Phi) is 8.79. The van der Waals surface area contributed by atoms with Crippen molar-refractivity contribution < 1.29 is 23.7 Å². The van der Waals surface area contributed by atoms with E-state index in [0.717, 1.165) is 54.2 Å². The number of carbonyl (C=O) groups excluding carboxylic acids is 1. The number of nitrogens with zero attached hydrogens (tertiary/aromatic N) is 2. The first kappa shape index (κ1) is 27.2. The van der Waals surface area contributed by atoms with Crippen molar-refractivity contribution >= 4 is 17.5 Å². The van der Waals surface area contributed by atoms with E-state index in [2.05, 4.69) is 4.90 Å². The second-order valence-electron chi connectivity index (χ2n) is 9.92. The summed E-state index contributed by atoms with van der Waals surface area (Å²) in [5.41, 5.74) is 3.34. The predicted octanol–water partition coefficient (Wildman–Crippen LogP) is 5.61. The molecule has 0 aliphatic carbocycles. The fourth-order valence-corrected chi connectivity index (χ4v) is 5.44. The van der Waals surface area contributed by atoms with Crippen LogP contribution in [0.1, 0.15) is 39.9 Å². The van der Waals surface area contributed by atoms with Crippen LogP contribution < -0.4 is 18.9 Å². The number of hydrogen-bond acceptors (Lipinski definition) is 6. The minimum atomic E-state index is -0.0450. The topological polar surface area (TPSA) is 60.5 Å². The molecular formula is C31H35ClN2O5. The number of methoxy groups -OCH3 is 2. The summed E-state index contributed by atoms with van der Waals surface area (Å²) in [6, 6.07) is 17.3. The summed E-state index contributed by atoms with van der Waals surface area (Å²) >= 11 is 6.96. The maximum atomic E-state index is 13.6.